The topological polar surface area (TPSA) is 54.0 Å². The van der Waals surface area contributed by atoms with Crippen molar-refractivity contribution >= 4 is 11.7 Å². The first-order valence-corrected chi connectivity index (χ1v) is 7.32. The first kappa shape index (κ1) is 15.0. The number of anilines is 1. The van der Waals surface area contributed by atoms with Crippen molar-refractivity contribution in [3.63, 3.8) is 0 Å². The van der Waals surface area contributed by atoms with E-state index in [-0.39, 0.29) is 5.91 Å². The molecule has 0 unspecified atom stereocenters. The van der Waals surface area contributed by atoms with Gasteiger partial charge in [-0.1, -0.05) is 36.4 Å². The van der Waals surface area contributed by atoms with Crippen LogP contribution in [-0.4, -0.2) is 24.0 Å². The Morgan fingerprint density at radius 2 is 1.90 bits per heavy atom. The fraction of sp³-hybridized carbons (Fsp3) is 0.294. The SMILES string of the molecule is CCNc1cccc(C(=O)NCCCc2ccccc2)n1. The molecule has 0 spiro atoms. The van der Waals surface area contributed by atoms with E-state index in [2.05, 4.69) is 27.8 Å². The number of aryl methyl sites for hydroxylation is 1. The fourth-order valence-corrected chi connectivity index (χ4v) is 2.07. The Morgan fingerprint density at radius 3 is 2.67 bits per heavy atom. The van der Waals surface area contributed by atoms with Crippen molar-refractivity contribution in [2.75, 3.05) is 18.4 Å². The van der Waals surface area contributed by atoms with Gasteiger partial charge in [-0.15, -0.1) is 0 Å². The number of rotatable bonds is 7. The molecular formula is C17H21N3O. The summed E-state index contributed by atoms with van der Waals surface area (Å²) in [6.45, 7) is 3.44. The zero-order chi connectivity index (χ0) is 14.9. The van der Waals surface area contributed by atoms with Crippen LogP contribution in [0.3, 0.4) is 0 Å². The summed E-state index contributed by atoms with van der Waals surface area (Å²) in [4.78, 5) is 16.3. The summed E-state index contributed by atoms with van der Waals surface area (Å²) >= 11 is 0. The van der Waals surface area contributed by atoms with Crippen LogP contribution >= 0.6 is 0 Å². The number of pyridine rings is 1. The van der Waals surface area contributed by atoms with E-state index in [0.29, 0.717) is 12.2 Å². The molecule has 2 rings (SSSR count). The molecule has 2 aromatic rings. The molecular weight excluding hydrogens is 262 g/mol. The van der Waals surface area contributed by atoms with E-state index in [1.54, 1.807) is 6.07 Å². The van der Waals surface area contributed by atoms with E-state index in [9.17, 15) is 4.79 Å². The number of nitrogens with one attached hydrogen (secondary N) is 2. The summed E-state index contributed by atoms with van der Waals surface area (Å²) < 4.78 is 0. The van der Waals surface area contributed by atoms with Crippen molar-refractivity contribution in [1.82, 2.24) is 10.3 Å². The number of benzene rings is 1. The number of carbonyl (C=O) groups excluding carboxylic acids is 1. The van der Waals surface area contributed by atoms with E-state index in [0.717, 1.165) is 25.2 Å². The highest BCUT2D eigenvalue weighted by molar-refractivity contribution is 5.92. The number of hydrogen-bond acceptors (Lipinski definition) is 3. The van der Waals surface area contributed by atoms with Gasteiger partial charge in [0.25, 0.3) is 5.91 Å². The molecule has 110 valence electrons. The summed E-state index contributed by atoms with van der Waals surface area (Å²) in [5.41, 5.74) is 1.74. The molecule has 1 aromatic heterocycles. The molecule has 0 saturated heterocycles. The van der Waals surface area contributed by atoms with Gasteiger partial charge in [0, 0.05) is 13.1 Å². The molecule has 0 bridgehead atoms. The quantitative estimate of drug-likeness (QED) is 0.768. The second-order valence-corrected chi connectivity index (χ2v) is 4.78. The van der Waals surface area contributed by atoms with Gasteiger partial charge in [-0.2, -0.15) is 0 Å². The molecule has 0 fully saturated rings. The monoisotopic (exact) mass is 283 g/mol. The maximum atomic E-state index is 12.0. The third-order valence-corrected chi connectivity index (χ3v) is 3.11. The minimum Gasteiger partial charge on any atom is -0.370 e. The fourth-order valence-electron chi connectivity index (χ4n) is 2.07. The number of hydrogen-bond donors (Lipinski definition) is 2. The van der Waals surface area contributed by atoms with Gasteiger partial charge < -0.3 is 10.6 Å². The zero-order valence-electron chi connectivity index (χ0n) is 12.3. The maximum absolute atomic E-state index is 12.0. The largest absolute Gasteiger partial charge is 0.370 e. The average molecular weight is 283 g/mol. The van der Waals surface area contributed by atoms with Gasteiger partial charge in [0.15, 0.2) is 0 Å². The molecule has 0 aliphatic rings. The summed E-state index contributed by atoms with van der Waals surface area (Å²) in [5.74, 6) is 0.609. The first-order chi connectivity index (χ1) is 10.3. The van der Waals surface area contributed by atoms with Crippen LogP contribution in [0.25, 0.3) is 0 Å². The standard InChI is InChI=1S/C17H21N3O/c1-2-18-16-12-6-11-15(20-16)17(21)19-13-7-10-14-8-4-3-5-9-14/h3-6,8-9,11-12H,2,7,10,13H2,1H3,(H,18,20)(H,19,21). The van der Waals surface area contributed by atoms with Gasteiger partial charge in [0.2, 0.25) is 0 Å². The van der Waals surface area contributed by atoms with Gasteiger partial charge in [-0.05, 0) is 37.5 Å². The smallest absolute Gasteiger partial charge is 0.269 e. The van der Waals surface area contributed by atoms with Crippen molar-refractivity contribution in [3.05, 3.63) is 59.8 Å². The van der Waals surface area contributed by atoms with Crippen LogP contribution < -0.4 is 10.6 Å². The molecule has 0 aliphatic heterocycles. The predicted molar refractivity (Wildman–Crippen MR) is 85.5 cm³/mol. The molecule has 0 saturated carbocycles. The van der Waals surface area contributed by atoms with Crippen LogP contribution in [0, 0.1) is 0 Å². The van der Waals surface area contributed by atoms with Crippen LogP contribution in [0.4, 0.5) is 5.82 Å². The normalized spacial score (nSPS) is 10.1. The minimum absolute atomic E-state index is 0.122. The summed E-state index contributed by atoms with van der Waals surface area (Å²) in [5, 5.41) is 6.01. The third-order valence-electron chi connectivity index (χ3n) is 3.11. The number of aromatic nitrogens is 1. The van der Waals surface area contributed by atoms with Crippen LogP contribution in [0.5, 0.6) is 0 Å². The Morgan fingerprint density at radius 1 is 1.10 bits per heavy atom. The van der Waals surface area contributed by atoms with Gasteiger partial charge in [-0.25, -0.2) is 4.98 Å². The molecule has 1 aromatic carbocycles. The lowest BCUT2D eigenvalue weighted by Crippen LogP contribution is -2.25. The number of amides is 1. The Bertz CT molecular complexity index is 569. The average Bonchev–Trinajstić information content (AvgIpc) is 2.53. The van der Waals surface area contributed by atoms with Crippen LogP contribution in [0.15, 0.2) is 48.5 Å². The Labute approximate surface area is 125 Å². The highest BCUT2D eigenvalue weighted by Crippen LogP contribution is 2.05. The van der Waals surface area contributed by atoms with E-state index < -0.39 is 0 Å². The molecule has 4 heteroatoms. The molecule has 1 heterocycles. The second kappa shape index (κ2) is 8.04. The van der Waals surface area contributed by atoms with Gasteiger partial charge >= 0.3 is 0 Å². The molecule has 0 radical (unpaired) electrons. The molecule has 0 atom stereocenters. The van der Waals surface area contributed by atoms with Crippen molar-refractivity contribution < 1.29 is 4.79 Å². The minimum atomic E-state index is -0.122. The highest BCUT2D eigenvalue weighted by Gasteiger charge is 2.06. The van der Waals surface area contributed by atoms with Crippen molar-refractivity contribution in [2.24, 2.45) is 0 Å². The molecule has 21 heavy (non-hydrogen) atoms. The van der Waals surface area contributed by atoms with E-state index in [1.807, 2.05) is 37.3 Å². The van der Waals surface area contributed by atoms with Gasteiger partial charge in [0.05, 0.1) is 0 Å². The lowest BCUT2D eigenvalue weighted by atomic mass is 10.1. The number of nitrogens with zero attached hydrogens (tertiary/aromatic N) is 1. The predicted octanol–water partition coefficient (Wildman–Crippen LogP) is 2.88. The van der Waals surface area contributed by atoms with Crippen molar-refractivity contribution in [2.45, 2.75) is 19.8 Å². The summed E-state index contributed by atoms with van der Waals surface area (Å²) in [7, 11) is 0. The van der Waals surface area contributed by atoms with Gasteiger partial charge in [0.1, 0.15) is 11.5 Å². The van der Waals surface area contributed by atoms with Crippen molar-refractivity contribution in [3.8, 4) is 0 Å². The first-order valence-electron chi connectivity index (χ1n) is 7.32. The highest BCUT2D eigenvalue weighted by atomic mass is 16.1. The van der Waals surface area contributed by atoms with Crippen LogP contribution in [-0.2, 0) is 6.42 Å². The lowest BCUT2D eigenvalue weighted by molar-refractivity contribution is 0.0948. The lowest BCUT2D eigenvalue weighted by Gasteiger charge is -2.07. The molecule has 4 nitrogen and oxygen atoms in total. The molecule has 0 aliphatic carbocycles. The van der Waals surface area contributed by atoms with E-state index >= 15 is 0 Å². The Balaban J connectivity index is 1.78. The zero-order valence-corrected chi connectivity index (χ0v) is 12.3. The third kappa shape index (κ3) is 4.91. The number of carbonyl (C=O) groups is 1. The Kier molecular flexibility index (Phi) is 5.76. The molecule has 2 N–H and O–H groups in total. The van der Waals surface area contributed by atoms with Gasteiger partial charge in [-0.3, -0.25) is 4.79 Å². The molecule has 1 amide bonds. The van der Waals surface area contributed by atoms with E-state index in [1.165, 1.54) is 5.56 Å². The Hall–Kier alpha value is -2.36. The van der Waals surface area contributed by atoms with Crippen molar-refractivity contribution in [1.29, 1.82) is 0 Å². The van der Waals surface area contributed by atoms with Crippen LogP contribution in [0.2, 0.25) is 0 Å². The van der Waals surface area contributed by atoms with E-state index in [4.69, 9.17) is 0 Å². The van der Waals surface area contributed by atoms with Crippen LogP contribution in [0.1, 0.15) is 29.4 Å². The maximum Gasteiger partial charge on any atom is 0.269 e. The summed E-state index contributed by atoms with van der Waals surface area (Å²) in [6, 6.07) is 15.7. The summed E-state index contributed by atoms with van der Waals surface area (Å²) in [6.07, 6.45) is 1.88. The second-order valence-electron chi connectivity index (χ2n) is 4.78.